The summed E-state index contributed by atoms with van der Waals surface area (Å²) in [6.45, 7) is 4.54. The Kier molecular flexibility index (Phi) is 8.19. The summed E-state index contributed by atoms with van der Waals surface area (Å²) in [4.78, 5) is 34.6. The van der Waals surface area contributed by atoms with Gasteiger partial charge in [0.2, 0.25) is 0 Å². The van der Waals surface area contributed by atoms with Gasteiger partial charge in [0.15, 0.2) is 0 Å². The van der Waals surface area contributed by atoms with Gasteiger partial charge < -0.3 is 20.1 Å². The third-order valence-electron chi connectivity index (χ3n) is 6.55. The lowest BCUT2D eigenvalue weighted by atomic mass is 9.49. The number of piperidine rings is 1. The lowest BCUT2D eigenvalue weighted by Crippen LogP contribution is -2.50. The molecule has 2 aliphatic heterocycles. The molecule has 6 radical (unpaired) electrons. The maximum atomic E-state index is 13.0. The molecule has 0 unspecified atom stereocenters. The van der Waals surface area contributed by atoms with Gasteiger partial charge in [0.05, 0.1) is 40.8 Å². The van der Waals surface area contributed by atoms with Crippen molar-refractivity contribution in [1.82, 2.24) is 20.2 Å². The first-order valence-corrected chi connectivity index (χ1v) is 12.1. The van der Waals surface area contributed by atoms with Crippen LogP contribution in [0.5, 0.6) is 0 Å². The fourth-order valence-corrected chi connectivity index (χ4v) is 4.76. The average molecular weight is 481 g/mol. The second kappa shape index (κ2) is 11.3. The van der Waals surface area contributed by atoms with Gasteiger partial charge in [0.1, 0.15) is 11.5 Å². The molecule has 3 aromatic rings. The minimum absolute atomic E-state index is 0.125. The van der Waals surface area contributed by atoms with Gasteiger partial charge >= 0.3 is 0 Å². The summed E-state index contributed by atoms with van der Waals surface area (Å²) in [6.07, 6.45) is 8.25. The van der Waals surface area contributed by atoms with E-state index in [1.54, 1.807) is 30.5 Å². The van der Waals surface area contributed by atoms with Crippen LogP contribution in [0.3, 0.4) is 0 Å². The van der Waals surface area contributed by atoms with Crippen LogP contribution in [0.4, 0.5) is 10.1 Å². The quantitative estimate of drug-likeness (QED) is 0.555. The van der Waals surface area contributed by atoms with Crippen molar-refractivity contribution in [2.75, 3.05) is 31.1 Å². The maximum Gasteiger partial charge on any atom is 0.268 e. The van der Waals surface area contributed by atoms with E-state index in [-0.39, 0.29) is 16.6 Å². The average Bonchev–Trinajstić information content (AvgIpc) is 3.39. The van der Waals surface area contributed by atoms with E-state index in [0.717, 1.165) is 18.8 Å². The van der Waals surface area contributed by atoms with Crippen molar-refractivity contribution < 1.29 is 9.18 Å². The molecule has 5 rings (SSSR count). The number of nitrogens with one attached hydrogen (secondary N) is 2. The molecule has 0 aliphatic carbocycles. The molecule has 180 valence electrons. The van der Waals surface area contributed by atoms with Gasteiger partial charge in [-0.2, -0.15) is 0 Å². The summed E-state index contributed by atoms with van der Waals surface area (Å²) in [5.74, 6) is -0.962. The summed E-state index contributed by atoms with van der Waals surface area (Å²) in [5, 5.41) is 1.29. The number of amides is 1. The van der Waals surface area contributed by atoms with Gasteiger partial charge in [-0.05, 0) is 68.4 Å². The third-order valence-corrected chi connectivity index (χ3v) is 6.55. The molecular weight excluding hydrogens is 454 g/mol. The number of aromatic amines is 1. The van der Waals surface area contributed by atoms with Crippen LogP contribution >= 0.6 is 0 Å². The van der Waals surface area contributed by atoms with Crippen molar-refractivity contribution in [3.8, 4) is 0 Å². The van der Waals surface area contributed by atoms with Crippen LogP contribution in [0.2, 0.25) is 0 Å². The molecule has 2 fully saturated rings. The van der Waals surface area contributed by atoms with E-state index < -0.39 is 17.0 Å². The van der Waals surface area contributed by atoms with Crippen molar-refractivity contribution in [2.24, 2.45) is 0 Å². The fraction of sp³-hybridized carbons (Fsp3) is 0.400. The van der Waals surface area contributed by atoms with Gasteiger partial charge in [-0.15, -0.1) is 0 Å². The predicted molar refractivity (Wildman–Crippen MR) is 142 cm³/mol. The minimum Gasteiger partial charge on any atom is -0.371 e. The smallest absolute Gasteiger partial charge is 0.268 e. The number of anilines is 1. The first-order valence-electron chi connectivity index (χ1n) is 12.1. The van der Waals surface area contributed by atoms with Crippen LogP contribution in [0.15, 0.2) is 53.6 Å². The molecule has 36 heavy (non-hydrogen) atoms. The number of carbonyl (C=O) groups is 1. The number of nitrogens with zero attached hydrogens (tertiary/aromatic N) is 3. The highest BCUT2D eigenvalue weighted by Crippen LogP contribution is 2.24. The molecule has 1 amide bonds. The molecule has 2 N–H and O–H groups in total. The van der Waals surface area contributed by atoms with Gasteiger partial charge in [-0.25, -0.2) is 9.37 Å². The predicted octanol–water partition coefficient (Wildman–Crippen LogP) is 1.66. The van der Waals surface area contributed by atoms with Crippen LogP contribution in [0, 0.1) is 5.82 Å². The van der Waals surface area contributed by atoms with Gasteiger partial charge in [0.25, 0.3) is 11.5 Å². The Morgan fingerprint density at radius 1 is 1.06 bits per heavy atom. The molecule has 1 aromatic carbocycles. The third kappa shape index (κ3) is 6.57. The summed E-state index contributed by atoms with van der Waals surface area (Å²) >= 11 is 0. The number of halogens is 1. The van der Waals surface area contributed by atoms with E-state index in [0.29, 0.717) is 11.4 Å². The Morgan fingerprint density at radius 3 is 2.39 bits per heavy atom. The van der Waals surface area contributed by atoms with Crippen LogP contribution in [-0.4, -0.2) is 81.8 Å². The van der Waals surface area contributed by atoms with E-state index in [1.165, 1.54) is 51.0 Å². The van der Waals surface area contributed by atoms with Crippen LogP contribution in [0.1, 0.15) is 36.2 Å². The fourth-order valence-electron chi connectivity index (χ4n) is 4.76. The van der Waals surface area contributed by atoms with Crippen molar-refractivity contribution >= 4 is 45.9 Å². The Morgan fingerprint density at radius 2 is 1.78 bits per heavy atom. The topological polar surface area (TPSA) is 81.3 Å². The highest BCUT2D eigenvalue weighted by atomic mass is 19.1. The van der Waals surface area contributed by atoms with Crippen molar-refractivity contribution in [3.05, 3.63) is 70.7 Å². The summed E-state index contributed by atoms with van der Waals surface area (Å²) < 4.78 is 13.0. The zero-order chi connectivity index (χ0) is 25.7. The number of rotatable bonds is 4. The van der Waals surface area contributed by atoms with Crippen LogP contribution in [0.25, 0.3) is 10.8 Å². The van der Waals surface area contributed by atoms with Gasteiger partial charge in [-0.1, -0.05) is 17.4 Å². The number of benzene rings is 1. The number of aromatic nitrogens is 2. The monoisotopic (exact) mass is 481 g/mol. The molecule has 2 aromatic heterocycles. The number of pyridine rings is 2. The van der Waals surface area contributed by atoms with E-state index in [9.17, 15) is 14.0 Å². The molecule has 0 atom stereocenters. The Bertz CT molecular complexity index is 1230. The number of carbonyl (C=O) groups excluding carboxylic acids is 1. The highest BCUT2D eigenvalue weighted by molar-refractivity contribution is 6.60. The Hall–Kier alpha value is -3.07. The summed E-state index contributed by atoms with van der Waals surface area (Å²) in [5.41, 5.74) is 0.896. The standard InChI is InChI=1S/C16H21B3N4O.C9H6FNO/c17-16(18,19)21-15(24)14-4-3-13(11-20-14)23-9-5-12(6-10-23)22-7-1-2-8-22;10-7-3-1-2-6-4-5-11-9(12)8(6)7/h3-4,11-12H,1-2,5-10H2,(H,21,24);1-5H,(H,11,12). The van der Waals surface area contributed by atoms with Crippen molar-refractivity contribution in [1.29, 1.82) is 0 Å². The normalized spacial score (nSPS) is 17.0. The van der Waals surface area contributed by atoms with Gasteiger partial charge in [-0.3, -0.25) is 9.59 Å². The van der Waals surface area contributed by atoms with E-state index in [4.69, 9.17) is 23.5 Å². The lowest BCUT2D eigenvalue weighted by Gasteiger charge is -2.37. The number of hydrogen-bond donors (Lipinski definition) is 2. The number of hydrogen-bond acceptors (Lipinski definition) is 5. The van der Waals surface area contributed by atoms with Crippen molar-refractivity contribution in [3.63, 3.8) is 0 Å². The van der Waals surface area contributed by atoms with Crippen LogP contribution < -0.4 is 15.8 Å². The minimum atomic E-state index is -1.74. The molecule has 0 saturated carbocycles. The molecule has 2 saturated heterocycles. The number of H-pyrrole nitrogens is 1. The summed E-state index contributed by atoms with van der Waals surface area (Å²) in [7, 11) is 16.1. The SMILES string of the molecule is O=c1[nH]ccc2cccc(F)c12.[B]C([B])([B])NC(=O)c1ccc(N2CCC(N3CCCC3)CC2)cn1. The molecular formula is C25H27B3FN5O2. The van der Waals surface area contributed by atoms with Gasteiger partial charge in [0, 0.05) is 25.3 Å². The highest BCUT2D eigenvalue weighted by Gasteiger charge is 2.26. The molecule has 0 bridgehead atoms. The van der Waals surface area contributed by atoms with E-state index in [1.807, 2.05) is 6.07 Å². The van der Waals surface area contributed by atoms with E-state index in [2.05, 4.69) is 25.1 Å². The van der Waals surface area contributed by atoms with Crippen molar-refractivity contribution in [2.45, 2.75) is 37.0 Å². The van der Waals surface area contributed by atoms with Crippen LogP contribution in [-0.2, 0) is 0 Å². The molecule has 2 aliphatic rings. The Labute approximate surface area is 214 Å². The molecule has 4 heterocycles. The maximum absolute atomic E-state index is 13.0. The molecule has 11 heteroatoms. The molecule has 7 nitrogen and oxygen atoms in total. The number of likely N-dealkylation sites (tertiary alicyclic amines) is 1. The second-order valence-corrected chi connectivity index (χ2v) is 9.26. The zero-order valence-corrected chi connectivity index (χ0v) is 20.1. The molecule has 0 spiro atoms. The first-order chi connectivity index (χ1) is 17.2. The zero-order valence-electron chi connectivity index (χ0n) is 20.1. The Balaban J connectivity index is 0.000000211. The largest absolute Gasteiger partial charge is 0.371 e. The number of fused-ring (bicyclic) bond motifs is 1. The summed E-state index contributed by atoms with van der Waals surface area (Å²) in [6, 6.07) is 10.5. The van der Waals surface area contributed by atoms with E-state index >= 15 is 0 Å². The second-order valence-electron chi connectivity index (χ2n) is 9.26. The first kappa shape index (κ1) is 26.0. The lowest BCUT2D eigenvalue weighted by molar-refractivity contribution is 0.0947.